The summed E-state index contributed by atoms with van der Waals surface area (Å²) < 4.78 is 0. The van der Waals surface area contributed by atoms with Crippen LogP contribution < -0.4 is 5.73 Å². The number of nitrogens with two attached hydrogens (primary N) is 1. The predicted molar refractivity (Wildman–Crippen MR) is 86.2 cm³/mol. The van der Waals surface area contributed by atoms with Gasteiger partial charge in [0.15, 0.2) is 0 Å². The minimum Gasteiger partial charge on any atom is -0.339 e. The van der Waals surface area contributed by atoms with E-state index in [4.69, 9.17) is 5.73 Å². The molecule has 1 aliphatic heterocycles. The van der Waals surface area contributed by atoms with Crippen molar-refractivity contribution in [2.45, 2.75) is 44.2 Å². The maximum absolute atomic E-state index is 12.7. The van der Waals surface area contributed by atoms with Gasteiger partial charge in [-0.3, -0.25) is 9.69 Å². The summed E-state index contributed by atoms with van der Waals surface area (Å²) in [5.74, 6) is 0.192. The van der Waals surface area contributed by atoms with E-state index in [1.54, 1.807) is 11.3 Å². The first-order valence-corrected chi connectivity index (χ1v) is 8.93. The Hall–Kier alpha value is -0.910. The fourth-order valence-corrected chi connectivity index (χ4v) is 4.12. The van der Waals surface area contributed by atoms with Gasteiger partial charge < -0.3 is 10.6 Å². The minimum absolute atomic E-state index is 0.192. The van der Waals surface area contributed by atoms with Crippen LogP contribution in [0.2, 0.25) is 0 Å². The van der Waals surface area contributed by atoms with E-state index in [2.05, 4.69) is 21.7 Å². The maximum atomic E-state index is 12.7. The molecule has 4 nitrogen and oxygen atoms in total. The van der Waals surface area contributed by atoms with E-state index in [9.17, 15) is 4.79 Å². The molecule has 3 rings (SSSR count). The molecule has 1 aliphatic carbocycles. The third-order valence-corrected chi connectivity index (χ3v) is 5.55. The van der Waals surface area contributed by atoms with E-state index in [1.165, 1.54) is 12.0 Å². The second-order valence-corrected chi connectivity index (χ2v) is 7.20. The fourth-order valence-electron chi connectivity index (χ4n) is 3.46. The molecule has 5 heteroatoms. The van der Waals surface area contributed by atoms with Crippen LogP contribution in [0.3, 0.4) is 0 Å². The zero-order valence-corrected chi connectivity index (χ0v) is 13.4. The van der Waals surface area contributed by atoms with Gasteiger partial charge in [0.25, 0.3) is 0 Å². The number of carbonyl (C=O) groups is 1. The van der Waals surface area contributed by atoms with Crippen molar-refractivity contribution in [1.29, 1.82) is 0 Å². The van der Waals surface area contributed by atoms with Crippen LogP contribution in [0.25, 0.3) is 0 Å². The highest BCUT2D eigenvalue weighted by molar-refractivity contribution is 7.07. The van der Waals surface area contributed by atoms with Gasteiger partial charge in [0.2, 0.25) is 5.91 Å². The predicted octanol–water partition coefficient (Wildman–Crippen LogP) is 2.05. The molecule has 2 N–H and O–H groups in total. The lowest BCUT2D eigenvalue weighted by Gasteiger charge is -2.41. The molecule has 0 spiro atoms. The summed E-state index contributed by atoms with van der Waals surface area (Å²) in [5, 5.41) is 4.32. The fraction of sp³-hybridized carbons (Fsp3) is 0.688. The molecule has 0 unspecified atom stereocenters. The topological polar surface area (TPSA) is 49.6 Å². The Bertz CT molecular complexity index is 460. The molecular formula is C16H25N3OS. The number of carbonyl (C=O) groups excluding carboxylic acids is 1. The maximum Gasteiger partial charge on any atom is 0.242 e. The van der Waals surface area contributed by atoms with Crippen LogP contribution in [0, 0.1) is 0 Å². The van der Waals surface area contributed by atoms with Gasteiger partial charge in [0, 0.05) is 32.7 Å². The second kappa shape index (κ2) is 6.46. The van der Waals surface area contributed by atoms with Gasteiger partial charge in [-0.15, -0.1) is 0 Å². The molecule has 21 heavy (non-hydrogen) atoms. The number of hydrogen-bond acceptors (Lipinski definition) is 4. The Kier molecular flexibility index (Phi) is 4.62. The molecule has 2 fully saturated rings. The normalized spacial score (nSPS) is 23.2. The molecule has 0 radical (unpaired) electrons. The molecule has 116 valence electrons. The number of piperazine rings is 1. The van der Waals surface area contributed by atoms with Crippen LogP contribution in [0.4, 0.5) is 0 Å². The zero-order valence-electron chi connectivity index (χ0n) is 12.6. The van der Waals surface area contributed by atoms with Crippen LogP contribution in [-0.4, -0.2) is 47.4 Å². The van der Waals surface area contributed by atoms with Crippen LogP contribution >= 0.6 is 11.3 Å². The quantitative estimate of drug-likeness (QED) is 0.930. The molecule has 2 heterocycles. The molecule has 1 saturated carbocycles. The van der Waals surface area contributed by atoms with Gasteiger partial charge in [-0.2, -0.15) is 11.3 Å². The number of rotatable bonds is 3. The van der Waals surface area contributed by atoms with Crippen LogP contribution in [0.5, 0.6) is 0 Å². The standard InChI is InChI=1S/C16H25N3OS/c17-16(5-2-1-3-6-16)15(20)19-9-7-18(8-10-19)12-14-4-11-21-13-14/h4,11,13H,1-3,5-10,12,17H2. The van der Waals surface area contributed by atoms with Crippen molar-refractivity contribution in [3.8, 4) is 0 Å². The van der Waals surface area contributed by atoms with Gasteiger partial charge in [-0.25, -0.2) is 0 Å². The molecule has 0 atom stereocenters. The Morgan fingerprint density at radius 2 is 1.90 bits per heavy atom. The SMILES string of the molecule is NC1(C(=O)N2CCN(Cc3ccsc3)CC2)CCCCC1. The lowest BCUT2D eigenvalue weighted by Crippen LogP contribution is -2.60. The van der Waals surface area contributed by atoms with Crippen molar-refractivity contribution in [3.05, 3.63) is 22.4 Å². The molecule has 1 aromatic heterocycles. The average molecular weight is 307 g/mol. The molecule has 1 aromatic rings. The van der Waals surface area contributed by atoms with Crippen molar-refractivity contribution >= 4 is 17.2 Å². The third kappa shape index (κ3) is 3.47. The number of hydrogen-bond donors (Lipinski definition) is 1. The Morgan fingerprint density at radius 1 is 1.19 bits per heavy atom. The van der Waals surface area contributed by atoms with Gasteiger partial charge in [0.05, 0.1) is 5.54 Å². The number of nitrogens with zero attached hydrogens (tertiary/aromatic N) is 2. The summed E-state index contributed by atoms with van der Waals surface area (Å²) in [7, 11) is 0. The lowest BCUT2D eigenvalue weighted by atomic mass is 9.81. The monoisotopic (exact) mass is 307 g/mol. The summed E-state index contributed by atoms with van der Waals surface area (Å²) in [4.78, 5) is 17.1. The Labute approximate surface area is 130 Å². The molecule has 2 aliphatic rings. The Balaban J connectivity index is 1.52. The van der Waals surface area contributed by atoms with Crippen LogP contribution in [0.1, 0.15) is 37.7 Å². The molecule has 0 bridgehead atoms. The van der Waals surface area contributed by atoms with E-state index in [-0.39, 0.29) is 5.91 Å². The van der Waals surface area contributed by atoms with Crippen molar-refractivity contribution < 1.29 is 4.79 Å². The highest BCUT2D eigenvalue weighted by atomic mass is 32.1. The largest absolute Gasteiger partial charge is 0.339 e. The smallest absolute Gasteiger partial charge is 0.242 e. The summed E-state index contributed by atoms with van der Waals surface area (Å²) in [5.41, 5.74) is 7.18. The van der Waals surface area contributed by atoms with E-state index < -0.39 is 5.54 Å². The van der Waals surface area contributed by atoms with Crippen molar-refractivity contribution in [3.63, 3.8) is 0 Å². The van der Waals surface area contributed by atoms with Crippen LogP contribution in [-0.2, 0) is 11.3 Å². The molecule has 0 aromatic carbocycles. The number of amides is 1. The second-order valence-electron chi connectivity index (χ2n) is 6.42. The molecule has 1 saturated heterocycles. The minimum atomic E-state index is -0.576. The Morgan fingerprint density at radius 3 is 2.52 bits per heavy atom. The van der Waals surface area contributed by atoms with Crippen LogP contribution in [0.15, 0.2) is 16.8 Å². The summed E-state index contributed by atoms with van der Waals surface area (Å²) in [6.45, 7) is 4.55. The first-order valence-electron chi connectivity index (χ1n) is 7.99. The van der Waals surface area contributed by atoms with Crippen molar-refractivity contribution in [1.82, 2.24) is 9.80 Å². The van der Waals surface area contributed by atoms with Crippen molar-refractivity contribution in [2.24, 2.45) is 5.73 Å². The number of thiophene rings is 1. The van der Waals surface area contributed by atoms with Gasteiger partial charge >= 0.3 is 0 Å². The van der Waals surface area contributed by atoms with Crippen molar-refractivity contribution in [2.75, 3.05) is 26.2 Å². The van der Waals surface area contributed by atoms with Gasteiger partial charge in [-0.1, -0.05) is 19.3 Å². The summed E-state index contributed by atoms with van der Waals surface area (Å²) >= 11 is 1.74. The third-order valence-electron chi connectivity index (χ3n) is 4.82. The lowest BCUT2D eigenvalue weighted by molar-refractivity contribution is -0.140. The average Bonchev–Trinajstić information content (AvgIpc) is 3.01. The first kappa shape index (κ1) is 15.0. The molecule has 1 amide bonds. The van der Waals surface area contributed by atoms with Gasteiger partial charge in [-0.05, 0) is 35.2 Å². The highest BCUT2D eigenvalue weighted by Gasteiger charge is 2.39. The highest BCUT2D eigenvalue weighted by Crippen LogP contribution is 2.28. The summed E-state index contributed by atoms with van der Waals surface area (Å²) in [6.07, 6.45) is 5.14. The molecular weight excluding hydrogens is 282 g/mol. The van der Waals surface area contributed by atoms with E-state index in [0.29, 0.717) is 0 Å². The van der Waals surface area contributed by atoms with E-state index in [0.717, 1.165) is 58.4 Å². The zero-order chi connectivity index (χ0) is 14.7. The summed E-state index contributed by atoms with van der Waals surface area (Å²) in [6, 6.07) is 2.18. The van der Waals surface area contributed by atoms with Gasteiger partial charge in [0.1, 0.15) is 0 Å². The first-order chi connectivity index (χ1) is 10.2. The van der Waals surface area contributed by atoms with E-state index >= 15 is 0 Å². The van der Waals surface area contributed by atoms with E-state index in [1.807, 2.05) is 4.90 Å².